The van der Waals surface area contributed by atoms with Crippen molar-refractivity contribution in [3.05, 3.63) is 47.0 Å². The van der Waals surface area contributed by atoms with Crippen molar-refractivity contribution in [1.29, 1.82) is 0 Å². The topological polar surface area (TPSA) is 104 Å². The first-order chi connectivity index (χ1) is 14.9. The van der Waals surface area contributed by atoms with Gasteiger partial charge < -0.3 is 4.90 Å². The van der Waals surface area contributed by atoms with Crippen LogP contribution in [0.4, 0.5) is 11.4 Å². The van der Waals surface area contributed by atoms with Crippen molar-refractivity contribution >= 4 is 37.3 Å². The number of fused-ring (bicyclic) bond motifs is 1. The molecular weight excluding hydrogens is 450 g/mol. The quantitative estimate of drug-likeness (QED) is 0.657. The molecule has 1 heterocycles. The highest BCUT2D eigenvalue weighted by atomic mass is 32.2. The molecule has 8 nitrogen and oxygen atoms in total. The van der Waals surface area contributed by atoms with Gasteiger partial charge in [-0.2, -0.15) is 4.31 Å². The molecule has 0 aromatic heterocycles. The molecule has 0 saturated carbocycles. The molecule has 1 aliphatic rings. The van der Waals surface area contributed by atoms with Crippen molar-refractivity contribution in [3.8, 4) is 0 Å². The van der Waals surface area contributed by atoms with Gasteiger partial charge in [0.05, 0.1) is 15.5 Å². The Morgan fingerprint density at radius 3 is 2.28 bits per heavy atom. The molecule has 0 bridgehead atoms. The summed E-state index contributed by atoms with van der Waals surface area (Å²) in [5, 5.41) is 0. The molecule has 32 heavy (non-hydrogen) atoms. The van der Waals surface area contributed by atoms with Crippen LogP contribution in [0.5, 0.6) is 0 Å². The highest BCUT2D eigenvalue weighted by molar-refractivity contribution is 7.92. The summed E-state index contributed by atoms with van der Waals surface area (Å²) in [6.07, 6.45) is 0.577. The zero-order chi connectivity index (χ0) is 23.8. The molecule has 0 unspecified atom stereocenters. The molecule has 1 aliphatic heterocycles. The molecule has 1 N–H and O–H groups in total. The summed E-state index contributed by atoms with van der Waals surface area (Å²) in [6.45, 7) is 9.64. The average Bonchev–Trinajstić information content (AvgIpc) is 3.15. The predicted octanol–water partition coefficient (Wildman–Crippen LogP) is 3.04. The maximum Gasteiger partial charge on any atom is 0.261 e. The van der Waals surface area contributed by atoms with Crippen LogP contribution in [0.3, 0.4) is 0 Å². The summed E-state index contributed by atoms with van der Waals surface area (Å²) < 4.78 is 56.1. The summed E-state index contributed by atoms with van der Waals surface area (Å²) in [6, 6.07) is 7.60. The van der Waals surface area contributed by atoms with E-state index in [0.29, 0.717) is 37.2 Å². The van der Waals surface area contributed by atoms with Gasteiger partial charge >= 0.3 is 0 Å². The molecule has 0 spiro atoms. The number of anilines is 2. The van der Waals surface area contributed by atoms with E-state index in [-0.39, 0.29) is 21.4 Å². The van der Waals surface area contributed by atoms with Gasteiger partial charge in [-0.1, -0.05) is 13.8 Å². The van der Waals surface area contributed by atoms with E-state index >= 15 is 0 Å². The number of rotatable bonds is 7. The van der Waals surface area contributed by atoms with E-state index in [0.717, 1.165) is 11.3 Å². The molecule has 174 valence electrons. The third-order valence-corrected chi connectivity index (χ3v) is 9.26. The highest BCUT2D eigenvalue weighted by Crippen LogP contribution is 2.32. The van der Waals surface area contributed by atoms with E-state index in [4.69, 9.17) is 0 Å². The Morgan fingerprint density at radius 1 is 1.03 bits per heavy atom. The van der Waals surface area contributed by atoms with Crippen molar-refractivity contribution in [2.45, 2.75) is 50.8 Å². The van der Waals surface area contributed by atoms with Crippen LogP contribution >= 0.6 is 0 Å². The van der Waals surface area contributed by atoms with E-state index in [1.807, 2.05) is 0 Å². The molecule has 3 rings (SSSR count). The number of amides is 1. The summed E-state index contributed by atoms with van der Waals surface area (Å²) in [4.78, 5) is 13.5. The molecule has 0 radical (unpaired) electrons. The molecular formula is C22H29N3O5S2. The maximum absolute atomic E-state index is 13.1. The minimum atomic E-state index is -3.97. The Kier molecular flexibility index (Phi) is 6.69. The predicted molar refractivity (Wildman–Crippen MR) is 125 cm³/mol. The lowest BCUT2D eigenvalue weighted by atomic mass is 10.1. The largest absolute Gasteiger partial charge is 0.312 e. The van der Waals surface area contributed by atoms with Crippen molar-refractivity contribution in [3.63, 3.8) is 0 Å². The van der Waals surface area contributed by atoms with Gasteiger partial charge in [0.2, 0.25) is 15.9 Å². The van der Waals surface area contributed by atoms with Crippen molar-refractivity contribution in [2.24, 2.45) is 0 Å². The summed E-state index contributed by atoms with van der Waals surface area (Å²) in [5.74, 6) is -0.0881. The van der Waals surface area contributed by atoms with Gasteiger partial charge in [-0.15, -0.1) is 0 Å². The van der Waals surface area contributed by atoms with Crippen LogP contribution in [0.15, 0.2) is 40.1 Å². The lowest BCUT2D eigenvalue weighted by molar-refractivity contribution is -0.116. The van der Waals surface area contributed by atoms with Crippen molar-refractivity contribution in [1.82, 2.24) is 4.31 Å². The summed E-state index contributed by atoms with van der Waals surface area (Å²) >= 11 is 0. The van der Waals surface area contributed by atoms with Crippen LogP contribution in [-0.2, 0) is 31.3 Å². The summed E-state index contributed by atoms with van der Waals surface area (Å²) in [7, 11) is -7.71. The van der Waals surface area contributed by atoms with Gasteiger partial charge in [-0.3, -0.25) is 9.52 Å². The molecule has 1 amide bonds. The number of benzene rings is 2. The van der Waals surface area contributed by atoms with Crippen LogP contribution in [0.25, 0.3) is 0 Å². The van der Waals surface area contributed by atoms with Gasteiger partial charge in [0, 0.05) is 32.2 Å². The Balaban J connectivity index is 2.00. The third-order valence-electron chi connectivity index (χ3n) is 5.87. The standard InChI is InChI=1S/C22H29N3O5S2/c1-6-24(7-2)32(29,30)20-12-15(3)16(4)21(14-20)23-31(27,28)19-8-9-22-18(13-19)10-11-25(22)17(5)26/h8-9,12-14,23H,6-7,10-11H2,1-5H3. The number of hydrogen-bond acceptors (Lipinski definition) is 5. The first-order valence-electron chi connectivity index (χ1n) is 10.5. The number of aryl methyl sites for hydroxylation is 1. The van der Waals surface area contributed by atoms with Gasteiger partial charge in [-0.05, 0) is 67.3 Å². The minimum absolute atomic E-state index is 0.0491. The second-order valence-electron chi connectivity index (χ2n) is 7.82. The van der Waals surface area contributed by atoms with Crippen molar-refractivity contribution in [2.75, 3.05) is 29.3 Å². The van der Waals surface area contributed by atoms with Crippen LogP contribution in [0, 0.1) is 13.8 Å². The van der Waals surface area contributed by atoms with E-state index in [1.165, 1.54) is 23.4 Å². The molecule has 0 atom stereocenters. The van der Waals surface area contributed by atoms with Crippen molar-refractivity contribution < 1.29 is 21.6 Å². The third kappa shape index (κ3) is 4.39. The zero-order valence-electron chi connectivity index (χ0n) is 19.0. The molecule has 10 heteroatoms. The second kappa shape index (κ2) is 8.84. The van der Waals surface area contributed by atoms with Gasteiger partial charge in [-0.25, -0.2) is 16.8 Å². The normalized spacial score (nSPS) is 14.0. The number of carbonyl (C=O) groups is 1. The van der Waals surface area contributed by atoms with Gasteiger partial charge in [0.15, 0.2) is 0 Å². The number of nitrogens with zero attached hydrogens (tertiary/aromatic N) is 2. The van der Waals surface area contributed by atoms with Gasteiger partial charge in [0.1, 0.15) is 0 Å². The van der Waals surface area contributed by atoms with E-state index in [2.05, 4.69) is 4.72 Å². The number of hydrogen-bond donors (Lipinski definition) is 1. The van der Waals surface area contributed by atoms with E-state index < -0.39 is 20.0 Å². The van der Waals surface area contributed by atoms with Crippen LogP contribution in [-0.4, -0.2) is 46.7 Å². The summed E-state index contributed by atoms with van der Waals surface area (Å²) in [5.41, 5.74) is 3.05. The van der Waals surface area contributed by atoms with Gasteiger partial charge in [0.25, 0.3) is 10.0 Å². The Bertz CT molecular complexity index is 1270. The Hall–Kier alpha value is -2.43. The minimum Gasteiger partial charge on any atom is -0.312 e. The fourth-order valence-electron chi connectivity index (χ4n) is 3.87. The molecule has 2 aromatic carbocycles. The molecule has 2 aromatic rings. The monoisotopic (exact) mass is 479 g/mol. The van der Waals surface area contributed by atoms with Crippen LogP contribution in [0.2, 0.25) is 0 Å². The number of nitrogens with one attached hydrogen (secondary N) is 1. The zero-order valence-corrected chi connectivity index (χ0v) is 20.6. The maximum atomic E-state index is 13.1. The molecule has 0 saturated heterocycles. The van der Waals surface area contributed by atoms with Crippen LogP contribution in [0.1, 0.15) is 37.5 Å². The number of carbonyl (C=O) groups excluding carboxylic acids is 1. The SMILES string of the molecule is CCN(CC)S(=O)(=O)c1cc(C)c(C)c(NS(=O)(=O)c2ccc3c(c2)CCN3C(C)=O)c1. The lowest BCUT2D eigenvalue weighted by Gasteiger charge is -2.21. The average molecular weight is 480 g/mol. The fourth-order valence-corrected chi connectivity index (χ4v) is 6.60. The Labute approximate surface area is 190 Å². The molecule has 0 fully saturated rings. The first-order valence-corrected chi connectivity index (χ1v) is 13.4. The Morgan fingerprint density at radius 2 is 1.69 bits per heavy atom. The smallest absolute Gasteiger partial charge is 0.261 e. The lowest BCUT2D eigenvalue weighted by Crippen LogP contribution is -2.30. The molecule has 0 aliphatic carbocycles. The fraction of sp³-hybridized carbons (Fsp3) is 0.409. The highest BCUT2D eigenvalue weighted by Gasteiger charge is 2.27. The number of sulfonamides is 2. The first kappa shape index (κ1) is 24.2. The second-order valence-corrected chi connectivity index (χ2v) is 11.4. The van der Waals surface area contributed by atoms with Crippen LogP contribution < -0.4 is 9.62 Å². The van der Waals surface area contributed by atoms with E-state index in [9.17, 15) is 21.6 Å². The van der Waals surface area contributed by atoms with E-state index in [1.54, 1.807) is 50.8 Å².